The van der Waals surface area contributed by atoms with Crippen molar-refractivity contribution in [2.24, 2.45) is 11.1 Å². The Balaban J connectivity index is 2.22. The molecule has 1 aromatic rings. The fourth-order valence-corrected chi connectivity index (χ4v) is 3.83. The first-order valence-corrected chi connectivity index (χ1v) is 8.87. The van der Waals surface area contributed by atoms with E-state index >= 15 is 0 Å². The molecule has 0 unspecified atom stereocenters. The summed E-state index contributed by atoms with van der Waals surface area (Å²) >= 11 is 12.2. The molecular formula is C19H19Cl2NO4. The standard InChI is InChI=1S/C19H19Cl2NO4/c1-19(2)7-12(23)15-13(8-19)26-17(22)16(18(24)25-3)14(15)9-4-5-10(20)11(21)6-9/h4-6,14H,7-8,22H2,1-3H3/t14-/m0/s1. The molecule has 0 amide bonds. The van der Waals surface area contributed by atoms with E-state index in [0.717, 1.165) is 0 Å². The van der Waals surface area contributed by atoms with Crippen LogP contribution in [0.25, 0.3) is 0 Å². The zero-order chi connectivity index (χ0) is 19.2. The topological polar surface area (TPSA) is 78.6 Å². The second kappa shape index (κ2) is 6.63. The van der Waals surface area contributed by atoms with Gasteiger partial charge in [0, 0.05) is 18.4 Å². The number of benzene rings is 1. The average molecular weight is 396 g/mol. The smallest absolute Gasteiger partial charge is 0.340 e. The summed E-state index contributed by atoms with van der Waals surface area (Å²) in [5, 5.41) is 0.702. The van der Waals surface area contributed by atoms with Crippen molar-refractivity contribution >= 4 is 35.0 Å². The first-order chi connectivity index (χ1) is 12.1. The van der Waals surface area contributed by atoms with Crippen molar-refractivity contribution in [3.05, 3.63) is 56.6 Å². The van der Waals surface area contributed by atoms with Crippen molar-refractivity contribution in [2.45, 2.75) is 32.6 Å². The second-order valence-electron chi connectivity index (χ2n) is 7.26. The van der Waals surface area contributed by atoms with Crippen LogP contribution in [-0.2, 0) is 19.1 Å². The predicted molar refractivity (Wildman–Crippen MR) is 98.6 cm³/mol. The van der Waals surface area contributed by atoms with E-state index in [1.165, 1.54) is 7.11 Å². The summed E-state index contributed by atoms with van der Waals surface area (Å²) < 4.78 is 10.6. The van der Waals surface area contributed by atoms with Crippen molar-refractivity contribution in [1.29, 1.82) is 0 Å². The molecule has 2 aliphatic rings. The Morgan fingerprint density at radius 1 is 1.27 bits per heavy atom. The maximum atomic E-state index is 12.9. The highest BCUT2D eigenvalue weighted by atomic mass is 35.5. The Bertz CT molecular complexity index is 870. The van der Waals surface area contributed by atoms with Gasteiger partial charge in [-0.1, -0.05) is 43.1 Å². The van der Waals surface area contributed by atoms with Gasteiger partial charge in [0.2, 0.25) is 5.88 Å². The predicted octanol–water partition coefficient (Wildman–Crippen LogP) is 4.09. The van der Waals surface area contributed by atoms with E-state index in [1.807, 2.05) is 13.8 Å². The molecule has 138 valence electrons. The molecule has 7 heteroatoms. The van der Waals surface area contributed by atoms with E-state index < -0.39 is 11.9 Å². The molecule has 0 fully saturated rings. The van der Waals surface area contributed by atoms with Crippen molar-refractivity contribution in [2.75, 3.05) is 7.11 Å². The van der Waals surface area contributed by atoms with Gasteiger partial charge in [-0.2, -0.15) is 0 Å². The third-order valence-electron chi connectivity index (χ3n) is 4.64. The molecule has 0 spiro atoms. The third kappa shape index (κ3) is 3.21. The molecule has 0 saturated heterocycles. The molecule has 0 bridgehead atoms. The number of esters is 1. The van der Waals surface area contributed by atoms with Crippen LogP contribution in [0.1, 0.15) is 38.2 Å². The van der Waals surface area contributed by atoms with E-state index in [9.17, 15) is 9.59 Å². The molecule has 0 saturated carbocycles. The number of Topliss-reactive ketones (excluding diaryl/α,β-unsaturated/α-hetero) is 1. The summed E-state index contributed by atoms with van der Waals surface area (Å²) in [7, 11) is 1.25. The van der Waals surface area contributed by atoms with Crippen LogP contribution in [0.3, 0.4) is 0 Å². The number of allylic oxidation sites excluding steroid dienone is 2. The summed E-state index contributed by atoms with van der Waals surface area (Å²) in [6.45, 7) is 3.98. The maximum absolute atomic E-state index is 12.9. The molecule has 5 nitrogen and oxygen atoms in total. The number of carbonyl (C=O) groups is 2. The first-order valence-electron chi connectivity index (χ1n) is 8.11. The van der Waals surface area contributed by atoms with Crippen molar-refractivity contribution in [3.63, 3.8) is 0 Å². The molecule has 1 aliphatic carbocycles. The second-order valence-corrected chi connectivity index (χ2v) is 8.07. The molecule has 1 aromatic carbocycles. The number of rotatable bonds is 2. The molecule has 3 rings (SSSR count). The average Bonchev–Trinajstić information content (AvgIpc) is 2.54. The SMILES string of the molecule is COC(=O)C1=C(N)OC2=C(C(=O)CC(C)(C)C2)[C@@H]1c1ccc(Cl)c(Cl)c1. The number of methoxy groups -OCH3 is 1. The number of nitrogens with two attached hydrogens (primary N) is 1. The van der Waals surface area contributed by atoms with Crippen LogP contribution in [0.15, 0.2) is 41.0 Å². The lowest BCUT2D eigenvalue weighted by Gasteiger charge is -2.37. The van der Waals surface area contributed by atoms with Gasteiger partial charge in [0.15, 0.2) is 5.78 Å². The largest absolute Gasteiger partial charge is 0.465 e. The van der Waals surface area contributed by atoms with Crippen LogP contribution in [0.4, 0.5) is 0 Å². The fourth-order valence-electron chi connectivity index (χ4n) is 3.52. The van der Waals surface area contributed by atoms with Crippen LogP contribution < -0.4 is 5.73 Å². The van der Waals surface area contributed by atoms with Crippen LogP contribution in [0.2, 0.25) is 10.0 Å². The van der Waals surface area contributed by atoms with E-state index in [0.29, 0.717) is 39.8 Å². The molecule has 0 radical (unpaired) electrons. The number of hydrogen-bond donors (Lipinski definition) is 1. The number of halogens is 2. The Hall–Kier alpha value is -1.98. The molecule has 26 heavy (non-hydrogen) atoms. The van der Waals surface area contributed by atoms with Crippen LogP contribution in [0, 0.1) is 5.41 Å². The number of hydrogen-bond acceptors (Lipinski definition) is 5. The Morgan fingerprint density at radius 3 is 2.58 bits per heavy atom. The first kappa shape index (κ1) is 18.8. The monoisotopic (exact) mass is 395 g/mol. The maximum Gasteiger partial charge on any atom is 0.340 e. The van der Waals surface area contributed by atoms with Crippen molar-refractivity contribution in [3.8, 4) is 0 Å². The van der Waals surface area contributed by atoms with E-state index in [-0.39, 0.29) is 22.7 Å². The van der Waals surface area contributed by atoms with E-state index in [4.69, 9.17) is 38.4 Å². The molecule has 0 aromatic heterocycles. The lowest BCUT2D eigenvalue weighted by atomic mass is 9.70. The minimum atomic E-state index is -0.704. The Labute approximate surface area is 161 Å². The van der Waals surface area contributed by atoms with Crippen molar-refractivity contribution in [1.82, 2.24) is 0 Å². The lowest BCUT2D eigenvalue weighted by Crippen LogP contribution is -2.35. The molecule has 2 N–H and O–H groups in total. The lowest BCUT2D eigenvalue weighted by molar-refractivity contribution is -0.136. The highest BCUT2D eigenvalue weighted by molar-refractivity contribution is 6.42. The Kier molecular flexibility index (Phi) is 4.80. The van der Waals surface area contributed by atoms with Gasteiger partial charge in [0.1, 0.15) is 11.3 Å². The normalized spacial score (nSPS) is 22.0. The summed E-state index contributed by atoms with van der Waals surface area (Å²) in [5.41, 5.74) is 6.95. The molecule has 1 atom stereocenters. The quantitative estimate of drug-likeness (QED) is 0.762. The van der Waals surface area contributed by atoms with Gasteiger partial charge in [-0.3, -0.25) is 4.79 Å². The van der Waals surface area contributed by atoms with E-state index in [2.05, 4.69) is 0 Å². The fraction of sp³-hybridized carbons (Fsp3) is 0.368. The Morgan fingerprint density at radius 2 is 1.96 bits per heavy atom. The van der Waals surface area contributed by atoms with Gasteiger partial charge in [0.25, 0.3) is 0 Å². The van der Waals surface area contributed by atoms with Gasteiger partial charge >= 0.3 is 5.97 Å². The molecule has 1 heterocycles. The minimum absolute atomic E-state index is 0.0582. The summed E-state index contributed by atoms with van der Waals surface area (Å²) in [5.74, 6) is -1.00. The number of carbonyl (C=O) groups excluding carboxylic acids is 2. The zero-order valence-corrected chi connectivity index (χ0v) is 16.2. The summed E-state index contributed by atoms with van der Waals surface area (Å²) in [6, 6.07) is 4.98. The van der Waals surface area contributed by atoms with Crippen LogP contribution in [-0.4, -0.2) is 18.9 Å². The minimum Gasteiger partial charge on any atom is -0.465 e. The summed E-state index contributed by atoms with van der Waals surface area (Å²) in [6.07, 6.45) is 0.891. The van der Waals surface area contributed by atoms with Gasteiger partial charge < -0.3 is 15.2 Å². The van der Waals surface area contributed by atoms with E-state index in [1.54, 1.807) is 18.2 Å². The highest BCUT2D eigenvalue weighted by Crippen LogP contribution is 2.48. The van der Waals surface area contributed by atoms with Crippen molar-refractivity contribution < 1.29 is 19.1 Å². The zero-order valence-electron chi connectivity index (χ0n) is 14.7. The van der Waals surface area contributed by atoms with Crippen LogP contribution >= 0.6 is 23.2 Å². The van der Waals surface area contributed by atoms with Gasteiger partial charge in [-0.25, -0.2) is 4.79 Å². The molecule has 1 aliphatic heterocycles. The summed E-state index contributed by atoms with van der Waals surface area (Å²) in [4.78, 5) is 25.3. The number of ketones is 1. The van der Waals surface area contributed by atoms with Gasteiger partial charge in [-0.15, -0.1) is 0 Å². The molecular weight excluding hydrogens is 377 g/mol. The number of ether oxygens (including phenoxy) is 2. The third-order valence-corrected chi connectivity index (χ3v) is 5.38. The highest BCUT2D eigenvalue weighted by Gasteiger charge is 2.45. The van der Waals surface area contributed by atoms with Gasteiger partial charge in [-0.05, 0) is 23.1 Å². The van der Waals surface area contributed by atoms with Gasteiger partial charge in [0.05, 0.1) is 23.1 Å². The van der Waals surface area contributed by atoms with Crippen LogP contribution in [0.5, 0.6) is 0 Å².